The van der Waals surface area contributed by atoms with E-state index in [-0.39, 0.29) is 0 Å². The van der Waals surface area contributed by atoms with Gasteiger partial charge in [-0.3, -0.25) is 0 Å². The summed E-state index contributed by atoms with van der Waals surface area (Å²) in [6.07, 6.45) is 7.72. The van der Waals surface area contributed by atoms with E-state index < -0.39 is 20.0 Å². The molecule has 0 fully saturated rings. The Morgan fingerprint density at radius 1 is 1.32 bits per heavy atom. The van der Waals surface area contributed by atoms with Gasteiger partial charge in [-0.2, -0.15) is 5.26 Å². The minimum Gasteiger partial charge on any atom is -0.395 e. The lowest BCUT2D eigenvalue weighted by Crippen LogP contribution is -2.48. The lowest BCUT2D eigenvalue weighted by Gasteiger charge is -2.35. The van der Waals surface area contributed by atoms with Crippen molar-refractivity contribution in [1.29, 1.82) is 5.26 Å². The summed E-state index contributed by atoms with van der Waals surface area (Å²) in [4.78, 5) is 0. The van der Waals surface area contributed by atoms with Crippen molar-refractivity contribution < 1.29 is 9.53 Å². The van der Waals surface area contributed by atoms with Crippen LogP contribution in [0.15, 0.2) is 12.2 Å². The highest BCUT2D eigenvalue weighted by Gasteiger charge is 2.40. The maximum Gasteiger partial charge on any atom is 0.189 e. The second kappa shape index (κ2) is 8.52. The van der Waals surface area contributed by atoms with Gasteiger partial charge in [-0.1, -0.05) is 38.7 Å². The van der Waals surface area contributed by atoms with E-state index in [4.69, 9.17) is 4.43 Å². The number of aliphatic hydroxyl groups excluding tert-OH is 1. The number of unbranched alkanes of at least 4 members (excludes halogenated alkanes) is 3. The van der Waals surface area contributed by atoms with E-state index in [0.29, 0.717) is 6.42 Å². The van der Waals surface area contributed by atoms with Gasteiger partial charge in [-0.15, -0.1) is 0 Å². The molecule has 0 aromatic rings. The van der Waals surface area contributed by atoms with Crippen molar-refractivity contribution in [2.45, 2.75) is 77.3 Å². The fourth-order valence-corrected chi connectivity index (χ4v) is 3.34. The molecule has 0 radical (unpaired) electrons. The highest BCUT2D eigenvalue weighted by atomic mass is 28.4. The van der Waals surface area contributed by atoms with Crippen molar-refractivity contribution in [2.75, 3.05) is 0 Å². The molecule has 110 valence electrons. The number of allylic oxidation sites excluding steroid dienone is 1. The van der Waals surface area contributed by atoms with E-state index in [9.17, 15) is 10.4 Å². The maximum atomic E-state index is 10.4. The zero-order chi connectivity index (χ0) is 14.9. The zero-order valence-corrected chi connectivity index (χ0v) is 14.1. The van der Waals surface area contributed by atoms with Crippen molar-refractivity contribution in [2.24, 2.45) is 0 Å². The van der Waals surface area contributed by atoms with Gasteiger partial charge in [0.15, 0.2) is 13.9 Å². The Balaban J connectivity index is 4.78. The summed E-state index contributed by atoms with van der Waals surface area (Å²) < 4.78 is 5.97. The predicted octanol–water partition coefficient (Wildman–Crippen LogP) is 4.01. The summed E-state index contributed by atoms with van der Waals surface area (Å²) in [6, 6.07) is 2.19. The van der Waals surface area contributed by atoms with Gasteiger partial charge in [-0.25, -0.2) is 0 Å². The maximum absolute atomic E-state index is 10.4. The topological polar surface area (TPSA) is 53.2 Å². The third-order valence-electron chi connectivity index (χ3n) is 2.89. The van der Waals surface area contributed by atoms with E-state index >= 15 is 0 Å². The van der Waals surface area contributed by atoms with Crippen LogP contribution in [0.3, 0.4) is 0 Å². The first-order chi connectivity index (χ1) is 8.81. The molecule has 0 aromatic heterocycles. The molecule has 4 heteroatoms. The van der Waals surface area contributed by atoms with Gasteiger partial charge in [0.05, 0.1) is 6.10 Å². The SMILES string of the molecule is C/C=C/C(C#N)(O[Si](C)(C)C)C(O)CCCCCC. The first kappa shape index (κ1) is 18.4. The highest BCUT2D eigenvalue weighted by Crippen LogP contribution is 2.26. The van der Waals surface area contributed by atoms with Crippen molar-refractivity contribution >= 4 is 8.32 Å². The van der Waals surface area contributed by atoms with E-state index in [2.05, 4.69) is 13.0 Å². The molecule has 3 nitrogen and oxygen atoms in total. The largest absolute Gasteiger partial charge is 0.395 e. The molecule has 0 spiro atoms. The molecule has 0 aromatic carbocycles. The fourth-order valence-electron chi connectivity index (χ4n) is 2.08. The molecule has 0 aliphatic rings. The quantitative estimate of drug-likeness (QED) is 0.395. The van der Waals surface area contributed by atoms with E-state index in [0.717, 1.165) is 12.8 Å². The standard InChI is InChI=1S/C15H29NO2Si/c1-6-8-9-10-11-14(17)15(13-16,12-7-2)18-19(3,4)5/h7,12,14,17H,6,8-11H2,1-5H3/b12-7+. The molecule has 0 rings (SSSR count). The number of nitriles is 1. The summed E-state index contributed by atoms with van der Waals surface area (Å²) in [5.74, 6) is 0. The van der Waals surface area contributed by atoms with Crippen LogP contribution in [0.25, 0.3) is 0 Å². The molecule has 0 saturated carbocycles. The van der Waals surface area contributed by atoms with E-state index in [1.165, 1.54) is 12.8 Å². The Morgan fingerprint density at radius 2 is 1.95 bits per heavy atom. The molecule has 0 heterocycles. The number of aliphatic hydroxyl groups is 1. The van der Waals surface area contributed by atoms with Crippen LogP contribution in [0, 0.1) is 11.3 Å². The average Bonchev–Trinajstić information content (AvgIpc) is 2.32. The van der Waals surface area contributed by atoms with E-state index in [1.54, 1.807) is 12.2 Å². The summed E-state index contributed by atoms with van der Waals surface area (Å²) >= 11 is 0. The van der Waals surface area contributed by atoms with Crippen molar-refractivity contribution in [3.8, 4) is 6.07 Å². The number of hydrogen-bond donors (Lipinski definition) is 1. The summed E-state index contributed by atoms with van der Waals surface area (Å²) in [7, 11) is -1.90. The number of hydrogen-bond acceptors (Lipinski definition) is 3. The van der Waals surface area contributed by atoms with Gasteiger partial charge < -0.3 is 9.53 Å². The highest BCUT2D eigenvalue weighted by molar-refractivity contribution is 6.69. The smallest absolute Gasteiger partial charge is 0.189 e. The van der Waals surface area contributed by atoms with Gasteiger partial charge in [-0.05, 0) is 39.1 Å². The molecule has 0 bridgehead atoms. The Morgan fingerprint density at radius 3 is 2.37 bits per heavy atom. The minimum absolute atomic E-state index is 0.613. The van der Waals surface area contributed by atoms with Crippen LogP contribution in [0.2, 0.25) is 19.6 Å². The molecule has 2 unspecified atom stereocenters. The third kappa shape index (κ3) is 6.91. The Bertz CT molecular complexity index is 317. The fraction of sp³-hybridized carbons (Fsp3) is 0.800. The molecule has 19 heavy (non-hydrogen) atoms. The number of rotatable bonds is 9. The van der Waals surface area contributed by atoms with Gasteiger partial charge in [0, 0.05) is 0 Å². The van der Waals surface area contributed by atoms with Crippen LogP contribution in [-0.2, 0) is 4.43 Å². The minimum atomic E-state index is -1.90. The molecule has 0 aliphatic heterocycles. The molecular weight excluding hydrogens is 254 g/mol. The lowest BCUT2D eigenvalue weighted by molar-refractivity contribution is 0.00642. The Kier molecular flexibility index (Phi) is 8.24. The van der Waals surface area contributed by atoms with Crippen molar-refractivity contribution in [3.63, 3.8) is 0 Å². The monoisotopic (exact) mass is 283 g/mol. The van der Waals surface area contributed by atoms with Gasteiger partial charge in [0.25, 0.3) is 0 Å². The summed E-state index contributed by atoms with van der Waals surface area (Å²) in [6.45, 7) is 10.1. The van der Waals surface area contributed by atoms with Gasteiger partial charge in [0.1, 0.15) is 6.07 Å². The summed E-state index contributed by atoms with van der Waals surface area (Å²) in [5, 5.41) is 19.9. The van der Waals surface area contributed by atoms with Crippen LogP contribution in [-0.4, -0.2) is 25.1 Å². The van der Waals surface area contributed by atoms with Crippen molar-refractivity contribution in [1.82, 2.24) is 0 Å². The molecule has 0 aliphatic carbocycles. The van der Waals surface area contributed by atoms with Gasteiger partial charge in [0.2, 0.25) is 0 Å². The normalized spacial score (nSPS) is 17.1. The first-order valence-electron chi connectivity index (χ1n) is 7.24. The molecule has 0 saturated heterocycles. The second-order valence-electron chi connectivity index (χ2n) is 5.98. The molecular formula is C15H29NO2Si. The molecule has 0 amide bonds. The molecule has 2 atom stereocenters. The Labute approximate surface area is 119 Å². The zero-order valence-electron chi connectivity index (χ0n) is 13.1. The number of nitrogens with zero attached hydrogens (tertiary/aromatic N) is 1. The van der Waals surface area contributed by atoms with Crippen LogP contribution >= 0.6 is 0 Å². The van der Waals surface area contributed by atoms with Crippen LogP contribution in [0.4, 0.5) is 0 Å². The van der Waals surface area contributed by atoms with Crippen LogP contribution in [0.1, 0.15) is 46.0 Å². The Hall–Kier alpha value is -0.633. The van der Waals surface area contributed by atoms with Crippen LogP contribution < -0.4 is 0 Å². The van der Waals surface area contributed by atoms with Crippen molar-refractivity contribution in [3.05, 3.63) is 12.2 Å². The molecule has 1 N–H and O–H groups in total. The van der Waals surface area contributed by atoms with Crippen LogP contribution in [0.5, 0.6) is 0 Å². The second-order valence-corrected chi connectivity index (χ2v) is 10.4. The van der Waals surface area contributed by atoms with E-state index in [1.807, 2.05) is 26.6 Å². The van der Waals surface area contributed by atoms with Gasteiger partial charge >= 0.3 is 0 Å². The lowest BCUT2D eigenvalue weighted by atomic mass is 9.93. The first-order valence-corrected chi connectivity index (χ1v) is 10.7. The average molecular weight is 283 g/mol. The third-order valence-corrected chi connectivity index (χ3v) is 3.84. The summed E-state index contributed by atoms with van der Waals surface area (Å²) in [5.41, 5.74) is -1.18. The predicted molar refractivity (Wildman–Crippen MR) is 82.4 cm³/mol.